The van der Waals surface area contributed by atoms with Crippen LogP contribution in [-0.4, -0.2) is 28.2 Å². The molecule has 0 aromatic heterocycles. The zero-order chi connectivity index (χ0) is 13.9. The van der Waals surface area contributed by atoms with Crippen LogP contribution >= 0.6 is 23.2 Å². The number of hydrogen-bond acceptors (Lipinski definition) is 4. The van der Waals surface area contributed by atoms with Crippen LogP contribution < -0.4 is 9.88 Å². The van der Waals surface area contributed by atoms with Gasteiger partial charge in [-0.05, 0) is 19.1 Å². The number of hydrogen-bond donors (Lipinski definition) is 1. The van der Waals surface area contributed by atoms with Gasteiger partial charge in [0.1, 0.15) is 22.3 Å². The SMILES string of the molecule is COC(C)COc1ccc(S(N)(=O)=O)c(Cl)c1Cl. The first kappa shape index (κ1) is 15.5. The molecule has 1 unspecified atom stereocenters. The molecule has 0 heterocycles. The lowest BCUT2D eigenvalue weighted by molar-refractivity contribution is 0.0717. The average Bonchev–Trinajstić information content (AvgIpc) is 2.28. The second-order valence-corrected chi connectivity index (χ2v) is 5.88. The molecule has 1 rings (SSSR count). The highest BCUT2D eigenvalue weighted by atomic mass is 35.5. The van der Waals surface area contributed by atoms with Crippen molar-refractivity contribution >= 4 is 33.2 Å². The maximum absolute atomic E-state index is 11.2. The third-order valence-electron chi connectivity index (χ3n) is 2.19. The van der Waals surface area contributed by atoms with E-state index in [1.807, 2.05) is 6.92 Å². The third kappa shape index (κ3) is 3.73. The number of benzene rings is 1. The van der Waals surface area contributed by atoms with E-state index in [2.05, 4.69) is 0 Å². The topological polar surface area (TPSA) is 78.6 Å². The molecular weight excluding hydrogens is 301 g/mol. The highest BCUT2D eigenvalue weighted by Gasteiger charge is 2.18. The minimum atomic E-state index is -3.91. The Hall–Kier alpha value is -0.530. The molecule has 1 aromatic carbocycles. The summed E-state index contributed by atoms with van der Waals surface area (Å²) in [6.45, 7) is 2.08. The quantitative estimate of drug-likeness (QED) is 0.902. The molecule has 0 saturated carbocycles. The molecule has 5 nitrogen and oxygen atoms in total. The van der Waals surface area contributed by atoms with Crippen LogP contribution in [0, 0.1) is 0 Å². The summed E-state index contributed by atoms with van der Waals surface area (Å²) in [5.74, 6) is 0.276. The van der Waals surface area contributed by atoms with Gasteiger partial charge in [-0.15, -0.1) is 0 Å². The van der Waals surface area contributed by atoms with Crippen LogP contribution in [0.25, 0.3) is 0 Å². The highest BCUT2D eigenvalue weighted by Crippen LogP contribution is 2.36. The van der Waals surface area contributed by atoms with Gasteiger partial charge in [-0.2, -0.15) is 0 Å². The second kappa shape index (κ2) is 6.08. The summed E-state index contributed by atoms with van der Waals surface area (Å²) in [6.07, 6.45) is -0.127. The van der Waals surface area contributed by atoms with Crippen molar-refractivity contribution in [1.82, 2.24) is 0 Å². The largest absolute Gasteiger partial charge is 0.489 e. The molecule has 0 aliphatic rings. The van der Waals surface area contributed by atoms with Crippen molar-refractivity contribution in [3.05, 3.63) is 22.2 Å². The summed E-state index contributed by atoms with van der Waals surface area (Å²) in [4.78, 5) is -0.235. The first-order valence-corrected chi connectivity index (χ1v) is 7.24. The molecule has 18 heavy (non-hydrogen) atoms. The predicted octanol–water partition coefficient (Wildman–Crippen LogP) is 2.05. The molecule has 2 N–H and O–H groups in total. The predicted molar refractivity (Wildman–Crippen MR) is 69.8 cm³/mol. The van der Waals surface area contributed by atoms with E-state index < -0.39 is 10.0 Å². The van der Waals surface area contributed by atoms with Gasteiger partial charge in [-0.1, -0.05) is 23.2 Å². The molecule has 102 valence electrons. The molecule has 0 bridgehead atoms. The fourth-order valence-corrected chi connectivity index (χ4v) is 2.48. The van der Waals surface area contributed by atoms with Crippen LogP contribution in [0.1, 0.15) is 6.92 Å². The van der Waals surface area contributed by atoms with Gasteiger partial charge >= 0.3 is 0 Å². The summed E-state index contributed by atoms with van der Waals surface area (Å²) in [5.41, 5.74) is 0. The molecular formula is C10H13Cl2NO4S. The zero-order valence-corrected chi connectivity index (χ0v) is 12.1. The van der Waals surface area contributed by atoms with Gasteiger partial charge in [0, 0.05) is 7.11 Å². The van der Waals surface area contributed by atoms with E-state index in [0.29, 0.717) is 0 Å². The Morgan fingerprint density at radius 3 is 2.44 bits per heavy atom. The summed E-state index contributed by atoms with van der Waals surface area (Å²) in [5, 5.41) is 4.84. The smallest absolute Gasteiger partial charge is 0.239 e. The molecule has 0 aliphatic carbocycles. The first-order valence-electron chi connectivity index (χ1n) is 4.93. The normalized spacial score (nSPS) is 13.4. The summed E-state index contributed by atoms with van der Waals surface area (Å²) in [6, 6.07) is 2.65. The number of halogens is 2. The Morgan fingerprint density at radius 2 is 1.94 bits per heavy atom. The van der Waals surface area contributed by atoms with E-state index in [1.165, 1.54) is 12.1 Å². The van der Waals surface area contributed by atoms with Crippen LogP contribution in [-0.2, 0) is 14.8 Å². The van der Waals surface area contributed by atoms with E-state index in [4.69, 9.17) is 37.8 Å². The number of sulfonamides is 1. The molecule has 0 radical (unpaired) electrons. The van der Waals surface area contributed by atoms with Gasteiger partial charge in [0.05, 0.1) is 11.1 Å². The van der Waals surface area contributed by atoms with Crippen LogP contribution in [0.3, 0.4) is 0 Å². The fourth-order valence-electron chi connectivity index (χ4n) is 1.12. The number of primary sulfonamides is 1. The van der Waals surface area contributed by atoms with Crippen LogP contribution in [0.4, 0.5) is 0 Å². The Labute approximate surface area is 116 Å². The van der Waals surface area contributed by atoms with Gasteiger partial charge < -0.3 is 9.47 Å². The van der Waals surface area contributed by atoms with E-state index >= 15 is 0 Å². The Bertz CT molecular complexity index is 533. The number of nitrogens with two attached hydrogens (primary N) is 1. The van der Waals surface area contributed by atoms with E-state index in [1.54, 1.807) is 7.11 Å². The Balaban J connectivity index is 3.02. The van der Waals surface area contributed by atoms with Crippen molar-refractivity contribution in [2.75, 3.05) is 13.7 Å². The van der Waals surface area contributed by atoms with Crippen molar-refractivity contribution in [1.29, 1.82) is 0 Å². The van der Waals surface area contributed by atoms with Crippen LogP contribution in [0.15, 0.2) is 17.0 Å². The number of methoxy groups -OCH3 is 1. The Kier molecular flexibility index (Phi) is 5.24. The minimum Gasteiger partial charge on any atom is -0.489 e. The minimum absolute atomic E-state index is 0.00601. The van der Waals surface area contributed by atoms with Crippen molar-refractivity contribution in [2.45, 2.75) is 17.9 Å². The molecule has 0 amide bonds. The average molecular weight is 314 g/mol. The van der Waals surface area contributed by atoms with Gasteiger partial charge in [0.2, 0.25) is 10.0 Å². The van der Waals surface area contributed by atoms with Crippen molar-refractivity contribution < 1.29 is 17.9 Å². The third-order valence-corrected chi connectivity index (χ3v) is 4.12. The summed E-state index contributed by atoms with van der Waals surface area (Å²) < 4.78 is 32.8. The fraction of sp³-hybridized carbons (Fsp3) is 0.400. The monoisotopic (exact) mass is 313 g/mol. The second-order valence-electron chi connectivity index (χ2n) is 3.59. The van der Waals surface area contributed by atoms with Gasteiger partial charge in [0.25, 0.3) is 0 Å². The number of ether oxygens (including phenoxy) is 2. The lowest BCUT2D eigenvalue weighted by atomic mass is 10.3. The van der Waals surface area contributed by atoms with E-state index in [-0.39, 0.29) is 33.4 Å². The lowest BCUT2D eigenvalue weighted by Gasteiger charge is -2.14. The molecule has 0 spiro atoms. The molecule has 0 fully saturated rings. The van der Waals surface area contributed by atoms with Crippen molar-refractivity contribution in [3.63, 3.8) is 0 Å². The maximum Gasteiger partial charge on any atom is 0.239 e. The van der Waals surface area contributed by atoms with Gasteiger partial charge in [-0.25, -0.2) is 13.6 Å². The van der Waals surface area contributed by atoms with E-state index in [0.717, 1.165) is 0 Å². The maximum atomic E-state index is 11.2. The number of rotatable bonds is 5. The first-order chi connectivity index (χ1) is 8.27. The van der Waals surface area contributed by atoms with Crippen molar-refractivity contribution in [2.24, 2.45) is 5.14 Å². The Morgan fingerprint density at radius 1 is 1.33 bits per heavy atom. The van der Waals surface area contributed by atoms with E-state index in [9.17, 15) is 8.42 Å². The molecule has 8 heteroatoms. The summed E-state index contributed by atoms with van der Waals surface area (Å²) >= 11 is 11.7. The lowest BCUT2D eigenvalue weighted by Crippen LogP contribution is -2.16. The highest BCUT2D eigenvalue weighted by molar-refractivity contribution is 7.89. The van der Waals surface area contributed by atoms with Gasteiger partial charge in [-0.3, -0.25) is 0 Å². The molecule has 0 saturated heterocycles. The molecule has 1 aromatic rings. The standard InChI is InChI=1S/C10H13Cl2NO4S/c1-6(16-2)5-17-7-3-4-8(18(13,14)15)10(12)9(7)11/h3-4,6H,5H2,1-2H3,(H2,13,14,15). The molecule has 0 aliphatic heterocycles. The van der Waals surface area contributed by atoms with Crippen LogP contribution in [0.5, 0.6) is 5.75 Å². The molecule has 1 atom stereocenters. The van der Waals surface area contributed by atoms with Crippen LogP contribution in [0.2, 0.25) is 10.0 Å². The zero-order valence-electron chi connectivity index (χ0n) is 9.81. The summed E-state index contributed by atoms with van der Waals surface area (Å²) in [7, 11) is -2.36. The van der Waals surface area contributed by atoms with Gasteiger partial charge in [0.15, 0.2) is 0 Å². The van der Waals surface area contributed by atoms with Crippen molar-refractivity contribution in [3.8, 4) is 5.75 Å².